The zero-order valence-electron chi connectivity index (χ0n) is 58.0. The molecule has 93 heavy (non-hydrogen) atoms. The Morgan fingerprint density at radius 3 is 1.49 bits per heavy atom. The molecule has 500 valence electrons. The van der Waals surface area contributed by atoms with Crippen molar-refractivity contribution in [3.05, 3.63) is 133 Å². The van der Waals surface area contributed by atoms with E-state index < -0.39 is 41.7 Å². The number of nitrogens with zero attached hydrogens (tertiary/aromatic N) is 7. The van der Waals surface area contributed by atoms with Crippen molar-refractivity contribution in [3.8, 4) is 62.5 Å². The molecule has 7 aromatic rings. The number of hydrogen-bond donors (Lipinski definition) is 1. The Labute approximate surface area is 545 Å². The lowest BCUT2D eigenvalue weighted by Crippen LogP contribution is -2.41. The highest BCUT2D eigenvalue weighted by Gasteiger charge is 2.52. The quantitative estimate of drug-likeness (QED) is 0.0788. The minimum absolute atomic E-state index is 0.00279. The first-order chi connectivity index (χ1) is 43.8. The van der Waals surface area contributed by atoms with Gasteiger partial charge in [-0.2, -0.15) is 5.10 Å². The van der Waals surface area contributed by atoms with Gasteiger partial charge in [0.05, 0.1) is 104 Å². The Morgan fingerprint density at radius 2 is 1.05 bits per heavy atom. The first-order valence-corrected chi connectivity index (χ1v) is 30.3. The Hall–Kier alpha value is -9.00. The third kappa shape index (κ3) is 16.4. The second-order valence-electron chi connectivity index (χ2n) is 25.6. The molecule has 5 heterocycles. The van der Waals surface area contributed by atoms with Crippen LogP contribution in [0.15, 0.2) is 93.8 Å². The number of hydrogen-bond acceptors (Lipinski definition) is 18. The Balaban J connectivity index is 0.000000205. The van der Waals surface area contributed by atoms with Gasteiger partial charge in [0.1, 0.15) is 57.0 Å². The average molecular weight is 1280 g/mol. The second kappa shape index (κ2) is 29.3. The summed E-state index contributed by atoms with van der Waals surface area (Å²) in [6.07, 6.45) is 6.22. The summed E-state index contributed by atoms with van der Waals surface area (Å²) in [6.45, 7) is 21.0. The second-order valence-corrected chi connectivity index (χ2v) is 25.6. The predicted molar refractivity (Wildman–Crippen MR) is 361 cm³/mol. The molecule has 0 aliphatic carbocycles. The Bertz CT molecular complexity index is 3900. The van der Waals surface area contributed by atoms with Crippen molar-refractivity contribution in [1.29, 1.82) is 0 Å². The van der Waals surface area contributed by atoms with Crippen LogP contribution in [0.2, 0.25) is 0 Å². The number of carbonyl (C=O) groups is 2. The highest BCUT2D eigenvalue weighted by molar-refractivity contribution is 6.62. The number of fused-ring (bicyclic) bond motifs is 2. The van der Waals surface area contributed by atoms with Crippen molar-refractivity contribution in [2.45, 2.75) is 124 Å². The molecular formula is C69H91BN8O15. The lowest BCUT2D eigenvalue weighted by Gasteiger charge is -2.32. The zero-order valence-corrected chi connectivity index (χ0v) is 58.0. The van der Waals surface area contributed by atoms with Crippen molar-refractivity contribution in [3.63, 3.8) is 0 Å². The van der Waals surface area contributed by atoms with Crippen molar-refractivity contribution in [1.82, 2.24) is 34.0 Å². The van der Waals surface area contributed by atoms with E-state index in [0.29, 0.717) is 59.1 Å². The average Bonchev–Trinajstić information content (AvgIpc) is 1.72. The van der Waals surface area contributed by atoms with Gasteiger partial charge in [0, 0.05) is 86.5 Å². The molecule has 3 aromatic heterocycles. The molecule has 0 saturated carbocycles. The molecule has 1 saturated heterocycles. The van der Waals surface area contributed by atoms with Crippen LogP contribution in [0.5, 0.6) is 40.2 Å². The molecule has 0 spiro atoms. The van der Waals surface area contributed by atoms with Gasteiger partial charge in [-0.05, 0) is 147 Å². The van der Waals surface area contributed by atoms with Crippen LogP contribution >= 0.6 is 0 Å². The molecule has 2 aliphatic rings. The SMILES string of the molecule is CNCc1c(OC)cc(-c2cn(C)c(=O)c3c2C=NC3)cc1OC.COc1cc(B2OC(C)(C)C(C)(C)O2)cc(OC)c1CN(C)C(=O)OC(C)(C)C.COc1ccc(Cn2ncc3c(-c4cc(OC)c(CN(C)C(=O)OC(C)(C)C)c(OC)c4)cn(C)c(=O)c32)cc1. The van der Waals surface area contributed by atoms with Gasteiger partial charge in [-0.1, -0.05) is 12.1 Å². The number of ether oxygens (including phenoxy) is 9. The first kappa shape index (κ1) is 71.4. The highest BCUT2D eigenvalue weighted by atomic mass is 16.7. The molecule has 2 amide bonds. The zero-order chi connectivity index (χ0) is 68.7. The Morgan fingerprint density at radius 1 is 0.624 bits per heavy atom. The largest absolute Gasteiger partial charge is 0.497 e. The van der Waals surface area contributed by atoms with Crippen LogP contribution in [-0.4, -0.2) is 148 Å². The normalized spacial score (nSPS) is 13.6. The molecule has 0 bridgehead atoms. The molecule has 0 radical (unpaired) electrons. The van der Waals surface area contributed by atoms with Gasteiger partial charge < -0.3 is 76.2 Å². The number of rotatable bonds is 18. The van der Waals surface area contributed by atoms with Gasteiger partial charge >= 0.3 is 19.3 Å². The molecule has 24 heteroatoms. The summed E-state index contributed by atoms with van der Waals surface area (Å²) in [4.78, 5) is 57.7. The Kier molecular flexibility index (Phi) is 22.5. The molecule has 4 aromatic carbocycles. The summed E-state index contributed by atoms with van der Waals surface area (Å²) < 4.78 is 67.1. The van der Waals surface area contributed by atoms with Crippen LogP contribution < -0.4 is 55.1 Å². The molecule has 1 fully saturated rings. The third-order valence-electron chi connectivity index (χ3n) is 16.0. The van der Waals surface area contributed by atoms with Gasteiger partial charge in [-0.3, -0.25) is 19.3 Å². The van der Waals surface area contributed by atoms with Crippen LogP contribution in [0.25, 0.3) is 33.2 Å². The minimum atomic E-state index is -0.615. The monoisotopic (exact) mass is 1280 g/mol. The van der Waals surface area contributed by atoms with Gasteiger partial charge in [-0.15, -0.1) is 0 Å². The lowest BCUT2D eigenvalue weighted by atomic mass is 9.78. The number of carbonyl (C=O) groups excluding carboxylic acids is 2. The number of pyridine rings is 2. The summed E-state index contributed by atoms with van der Waals surface area (Å²) in [5, 5.41) is 8.40. The number of nitrogens with one attached hydrogen (secondary N) is 1. The molecule has 9 rings (SSSR count). The fraction of sp³-hybridized carbons (Fsp3) is 0.449. The van der Waals surface area contributed by atoms with E-state index in [1.54, 1.807) is 110 Å². The van der Waals surface area contributed by atoms with Gasteiger partial charge in [-0.25, -0.2) is 9.59 Å². The maximum absolute atomic E-state index is 13.3. The fourth-order valence-electron chi connectivity index (χ4n) is 10.5. The summed E-state index contributed by atoms with van der Waals surface area (Å²) >= 11 is 0. The molecular weight excluding hydrogens is 1190 g/mol. The maximum Gasteiger partial charge on any atom is 0.495 e. The van der Waals surface area contributed by atoms with Crippen LogP contribution in [0, 0.1) is 0 Å². The predicted octanol–water partition coefficient (Wildman–Crippen LogP) is 9.93. The third-order valence-corrected chi connectivity index (χ3v) is 16.0. The van der Waals surface area contributed by atoms with Gasteiger partial charge in [0.25, 0.3) is 11.1 Å². The van der Waals surface area contributed by atoms with E-state index in [1.807, 2.05) is 143 Å². The van der Waals surface area contributed by atoms with E-state index in [2.05, 4.69) is 15.4 Å². The first-order valence-electron chi connectivity index (χ1n) is 30.3. The van der Waals surface area contributed by atoms with Crippen molar-refractivity contribution in [2.75, 3.05) is 70.9 Å². The van der Waals surface area contributed by atoms with Crippen molar-refractivity contribution in [2.24, 2.45) is 19.1 Å². The van der Waals surface area contributed by atoms with Crippen LogP contribution in [0.1, 0.15) is 103 Å². The summed E-state index contributed by atoms with van der Waals surface area (Å²) in [6, 6.07) is 19.1. The smallest absolute Gasteiger partial charge is 0.495 e. The lowest BCUT2D eigenvalue weighted by molar-refractivity contribution is 0.00578. The fourth-order valence-corrected chi connectivity index (χ4v) is 10.5. The molecule has 0 atom stereocenters. The molecule has 23 nitrogen and oxygen atoms in total. The number of benzene rings is 4. The molecule has 2 aliphatic heterocycles. The number of aryl methyl sites for hydroxylation is 2. The number of aromatic nitrogens is 4. The van der Waals surface area contributed by atoms with Gasteiger partial charge in [0.2, 0.25) is 0 Å². The number of amides is 2. The maximum atomic E-state index is 13.3. The number of aliphatic imine (C=N–C) groups is 1. The van der Waals surface area contributed by atoms with Crippen LogP contribution in [0.4, 0.5) is 9.59 Å². The van der Waals surface area contributed by atoms with E-state index in [-0.39, 0.29) is 24.2 Å². The summed E-state index contributed by atoms with van der Waals surface area (Å²) in [7, 11) is 19.4. The molecule has 0 unspecified atom stereocenters. The summed E-state index contributed by atoms with van der Waals surface area (Å²) in [5.41, 5.74) is 7.48. The molecule has 1 N–H and O–H groups in total. The van der Waals surface area contributed by atoms with Crippen LogP contribution in [-0.2, 0) is 65.6 Å². The van der Waals surface area contributed by atoms with E-state index in [0.717, 1.165) is 72.8 Å². The topological polar surface area (TPSA) is 228 Å². The van der Waals surface area contributed by atoms with E-state index >= 15 is 0 Å². The van der Waals surface area contributed by atoms with E-state index in [1.165, 1.54) is 9.80 Å². The highest BCUT2D eigenvalue weighted by Crippen LogP contribution is 2.41. The minimum Gasteiger partial charge on any atom is -0.497 e. The summed E-state index contributed by atoms with van der Waals surface area (Å²) in [5.74, 6) is 4.51. The van der Waals surface area contributed by atoms with E-state index in [9.17, 15) is 19.2 Å². The number of methoxy groups -OCH3 is 7. The van der Waals surface area contributed by atoms with E-state index in [4.69, 9.17) is 51.9 Å². The van der Waals surface area contributed by atoms with Crippen molar-refractivity contribution < 1.29 is 61.5 Å². The standard InChI is InChI=1S/C30H36N4O6.C21H34BNO6.C18H21N3O3/c1-30(2,3)40-29(36)33(5)18-24-25(38-7)13-20(14-26(24)39-8)23-17-32(4)28(35)27-22(23)15-31-34(27)16-19-9-11-21(37-6)12-10-19;1-19(2,3)27-18(24)23(8)13-15-16(25-9)11-14(12-17(15)26-10)22-28-20(4,5)21(6,7)29-22;1-19-7-14-16(23-3)5-11(6-17(14)24-4)15-10-21(2)18(22)13-9-20-8-12(13)15/h9-15,17H,16,18H2,1-8H3;11-12H,13H2,1-10H3;5-6,8,10,19H,7,9H2,1-4H3. The van der Waals surface area contributed by atoms with Crippen LogP contribution in [0.3, 0.4) is 0 Å². The van der Waals surface area contributed by atoms with Crippen molar-refractivity contribution >= 4 is 41.9 Å². The van der Waals surface area contributed by atoms with Gasteiger partial charge in [0.15, 0.2) is 0 Å².